The quantitative estimate of drug-likeness (QED) is 0.418. The number of nitrogens with zero attached hydrogens (tertiary/aromatic N) is 5. The molecule has 0 radical (unpaired) electrons. The lowest BCUT2D eigenvalue weighted by atomic mass is 10.0. The minimum absolute atomic E-state index is 0.220. The zero-order valence-electron chi connectivity index (χ0n) is 16.6. The number of halogens is 2. The number of rotatable bonds is 4. The molecule has 5 aromatic rings. The van der Waals surface area contributed by atoms with Gasteiger partial charge in [-0.25, -0.2) is 8.91 Å². The SMILES string of the molecule is CCc1nn2c(nnc3c(=O)n(Cc4ccccc4Cl)ccc32)c1-c1ccc(F)cc1. The summed E-state index contributed by atoms with van der Waals surface area (Å²) in [6, 6.07) is 15.4. The molecule has 0 saturated heterocycles. The van der Waals surface area contributed by atoms with Gasteiger partial charge in [0.2, 0.25) is 0 Å². The van der Waals surface area contributed by atoms with E-state index in [1.165, 1.54) is 12.1 Å². The zero-order valence-corrected chi connectivity index (χ0v) is 17.3. The zero-order chi connectivity index (χ0) is 21.5. The van der Waals surface area contributed by atoms with Gasteiger partial charge in [-0.2, -0.15) is 5.10 Å². The summed E-state index contributed by atoms with van der Waals surface area (Å²) < 4.78 is 16.6. The topological polar surface area (TPSA) is 65.1 Å². The Bertz CT molecular complexity index is 1490. The summed E-state index contributed by atoms with van der Waals surface area (Å²) in [4.78, 5) is 13.1. The van der Waals surface area contributed by atoms with Crippen molar-refractivity contribution in [1.82, 2.24) is 24.4 Å². The molecule has 8 heteroatoms. The van der Waals surface area contributed by atoms with Crippen LogP contribution in [-0.4, -0.2) is 24.4 Å². The Morgan fingerprint density at radius 1 is 1.03 bits per heavy atom. The van der Waals surface area contributed by atoms with Crippen LogP contribution in [0.5, 0.6) is 0 Å². The van der Waals surface area contributed by atoms with Gasteiger partial charge in [-0.3, -0.25) is 4.79 Å². The Morgan fingerprint density at radius 3 is 2.55 bits per heavy atom. The lowest BCUT2D eigenvalue weighted by molar-refractivity contribution is 0.628. The number of pyridine rings is 1. The van der Waals surface area contributed by atoms with Gasteiger partial charge in [-0.05, 0) is 41.8 Å². The van der Waals surface area contributed by atoms with E-state index in [0.29, 0.717) is 29.2 Å². The number of hydrogen-bond acceptors (Lipinski definition) is 4. The Hall–Kier alpha value is -3.58. The minimum Gasteiger partial charge on any atom is -0.309 e. The standard InChI is InChI=1S/C23H17ClFN5O/c1-2-18-20(14-7-9-16(25)10-8-14)22-27-26-21-19(30(22)28-18)11-12-29(23(21)31)13-15-5-3-4-6-17(15)24/h3-12H,2,13H2,1H3. The maximum absolute atomic E-state index is 13.4. The highest BCUT2D eigenvalue weighted by Crippen LogP contribution is 2.29. The molecule has 154 valence electrons. The van der Waals surface area contributed by atoms with Gasteiger partial charge in [0, 0.05) is 11.2 Å². The second kappa shape index (κ2) is 7.59. The fourth-order valence-electron chi connectivity index (χ4n) is 3.72. The first-order valence-electron chi connectivity index (χ1n) is 9.83. The summed E-state index contributed by atoms with van der Waals surface area (Å²) in [5, 5.41) is 13.8. The fourth-order valence-corrected chi connectivity index (χ4v) is 3.92. The van der Waals surface area contributed by atoms with Crippen LogP contribution in [0, 0.1) is 5.82 Å². The van der Waals surface area contributed by atoms with Gasteiger partial charge in [-0.15, -0.1) is 10.2 Å². The minimum atomic E-state index is -0.311. The van der Waals surface area contributed by atoms with Crippen LogP contribution >= 0.6 is 11.6 Å². The van der Waals surface area contributed by atoms with Crippen molar-refractivity contribution >= 4 is 28.3 Å². The normalized spacial score (nSPS) is 11.5. The van der Waals surface area contributed by atoms with Crippen LogP contribution < -0.4 is 5.56 Å². The molecule has 31 heavy (non-hydrogen) atoms. The van der Waals surface area contributed by atoms with Crippen molar-refractivity contribution in [3.8, 4) is 11.1 Å². The number of benzene rings is 2. The van der Waals surface area contributed by atoms with Crippen molar-refractivity contribution in [2.75, 3.05) is 0 Å². The Balaban J connectivity index is 1.69. The molecule has 0 amide bonds. The summed E-state index contributed by atoms with van der Waals surface area (Å²) in [7, 11) is 0. The van der Waals surface area contributed by atoms with Crippen molar-refractivity contribution < 1.29 is 4.39 Å². The molecule has 3 aromatic heterocycles. The smallest absolute Gasteiger partial charge is 0.280 e. The molecule has 5 rings (SSSR count). The summed E-state index contributed by atoms with van der Waals surface area (Å²) in [6.07, 6.45) is 2.36. The van der Waals surface area contributed by atoms with E-state index in [-0.39, 0.29) is 16.9 Å². The average molecular weight is 434 g/mol. The monoisotopic (exact) mass is 433 g/mol. The van der Waals surface area contributed by atoms with Crippen molar-refractivity contribution in [3.05, 3.63) is 93.2 Å². The molecule has 0 aliphatic carbocycles. The van der Waals surface area contributed by atoms with E-state index in [1.807, 2.05) is 25.1 Å². The van der Waals surface area contributed by atoms with E-state index in [4.69, 9.17) is 11.6 Å². The molecule has 0 spiro atoms. The molecule has 0 fully saturated rings. The number of aryl methyl sites for hydroxylation is 1. The van der Waals surface area contributed by atoms with E-state index in [1.54, 1.807) is 39.5 Å². The lowest BCUT2D eigenvalue weighted by Gasteiger charge is -2.09. The van der Waals surface area contributed by atoms with Crippen molar-refractivity contribution in [3.63, 3.8) is 0 Å². The first kappa shape index (κ1) is 19.4. The average Bonchev–Trinajstić information content (AvgIpc) is 3.16. The summed E-state index contributed by atoms with van der Waals surface area (Å²) in [5.41, 5.74) is 4.26. The molecular weight excluding hydrogens is 417 g/mol. The molecule has 0 unspecified atom stereocenters. The van der Waals surface area contributed by atoms with Crippen molar-refractivity contribution in [2.45, 2.75) is 19.9 Å². The van der Waals surface area contributed by atoms with Crippen molar-refractivity contribution in [1.29, 1.82) is 0 Å². The van der Waals surface area contributed by atoms with E-state index < -0.39 is 0 Å². The summed E-state index contributed by atoms with van der Waals surface area (Å²) in [5.74, 6) is -0.311. The predicted octanol–water partition coefficient (Wildman–Crippen LogP) is 4.51. The van der Waals surface area contributed by atoms with E-state index in [2.05, 4.69) is 15.3 Å². The fraction of sp³-hybridized carbons (Fsp3) is 0.130. The van der Waals surface area contributed by atoms with Gasteiger partial charge in [0.05, 0.1) is 17.8 Å². The van der Waals surface area contributed by atoms with Crippen LogP contribution in [-0.2, 0) is 13.0 Å². The van der Waals surface area contributed by atoms with Crippen LogP contribution in [0.4, 0.5) is 4.39 Å². The van der Waals surface area contributed by atoms with Crippen LogP contribution in [0.15, 0.2) is 65.6 Å². The Morgan fingerprint density at radius 2 is 1.81 bits per heavy atom. The van der Waals surface area contributed by atoms with Gasteiger partial charge in [0.15, 0.2) is 11.2 Å². The molecule has 2 aromatic carbocycles. The third kappa shape index (κ3) is 3.27. The molecule has 3 heterocycles. The molecule has 6 nitrogen and oxygen atoms in total. The molecular formula is C23H17ClFN5O. The van der Waals surface area contributed by atoms with Crippen LogP contribution in [0.3, 0.4) is 0 Å². The van der Waals surface area contributed by atoms with Crippen LogP contribution in [0.1, 0.15) is 18.2 Å². The van der Waals surface area contributed by atoms with Gasteiger partial charge in [0.1, 0.15) is 11.3 Å². The highest BCUT2D eigenvalue weighted by atomic mass is 35.5. The van der Waals surface area contributed by atoms with E-state index in [9.17, 15) is 9.18 Å². The second-order valence-corrected chi connectivity index (χ2v) is 7.60. The number of hydrogen-bond donors (Lipinski definition) is 0. The highest BCUT2D eigenvalue weighted by Gasteiger charge is 2.19. The number of fused-ring (bicyclic) bond motifs is 3. The first-order chi connectivity index (χ1) is 15.1. The molecule has 0 aliphatic heterocycles. The molecule has 0 bridgehead atoms. The largest absolute Gasteiger partial charge is 0.309 e. The van der Waals surface area contributed by atoms with Gasteiger partial charge in [0.25, 0.3) is 5.56 Å². The number of aromatic nitrogens is 5. The highest BCUT2D eigenvalue weighted by molar-refractivity contribution is 6.31. The Kier molecular flexibility index (Phi) is 4.75. The first-order valence-corrected chi connectivity index (χ1v) is 10.2. The Labute approximate surface area is 181 Å². The van der Waals surface area contributed by atoms with Gasteiger partial charge >= 0.3 is 0 Å². The maximum atomic E-state index is 13.4. The molecule has 0 atom stereocenters. The molecule has 0 aliphatic rings. The third-order valence-electron chi connectivity index (χ3n) is 5.29. The lowest BCUT2D eigenvalue weighted by Crippen LogP contribution is -2.22. The van der Waals surface area contributed by atoms with E-state index >= 15 is 0 Å². The second-order valence-electron chi connectivity index (χ2n) is 7.19. The molecule has 0 saturated carbocycles. The third-order valence-corrected chi connectivity index (χ3v) is 5.66. The maximum Gasteiger partial charge on any atom is 0.280 e. The summed E-state index contributed by atoms with van der Waals surface area (Å²) in [6.45, 7) is 2.31. The van der Waals surface area contributed by atoms with Crippen LogP contribution in [0.2, 0.25) is 5.02 Å². The molecule has 0 N–H and O–H groups in total. The van der Waals surface area contributed by atoms with E-state index in [0.717, 1.165) is 22.4 Å². The van der Waals surface area contributed by atoms with Gasteiger partial charge < -0.3 is 4.57 Å². The van der Waals surface area contributed by atoms with Crippen LogP contribution in [0.25, 0.3) is 27.8 Å². The summed E-state index contributed by atoms with van der Waals surface area (Å²) >= 11 is 6.25. The van der Waals surface area contributed by atoms with Crippen molar-refractivity contribution in [2.24, 2.45) is 0 Å². The van der Waals surface area contributed by atoms with Gasteiger partial charge in [-0.1, -0.05) is 48.9 Å². The predicted molar refractivity (Wildman–Crippen MR) is 118 cm³/mol.